The van der Waals surface area contributed by atoms with Gasteiger partial charge in [0.25, 0.3) is 0 Å². The zero-order valence-electron chi connectivity index (χ0n) is 24.4. The first kappa shape index (κ1) is 29.2. The zero-order valence-corrected chi connectivity index (χ0v) is 25.2. The van der Waals surface area contributed by atoms with Gasteiger partial charge in [0.05, 0.1) is 12.2 Å². The van der Waals surface area contributed by atoms with E-state index < -0.39 is 0 Å². The van der Waals surface area contributed by atoms with Crippen molar-refractivity contribution < 1.29 is 5.11 Å². The lowest BCUT2D eigenvalue weighted by Gasteiger charge is -2.26. The van der Waals surface area contributed by atoms with E-state index in [4.69, 9.17) is 10.1 Å². The van der Waals surface area contributed by atoms with E-state index >= 15 is 0 Å². The van der Waals surface area contributed by atoms with Crippen LogP contribution in [0.4, 0.5) is 11.4 Å². The molecule has 4 nitrogen and oxygen atoms in total. The highest BCUT2D eigenvalue weighted by molar-refractivity contribution is 7.10. The molecule has 0 atom stereocenters. The van der Waals surface area contributed by atoms with Crippen LogP contribution >= 0.6 is 11.3 Å². The number of nitrogens with zero attached hydrogens (tertiary/aromatic N) is 3. The minimum Gasteiger partial charge on any atom is -0.508 e. The summed E-state index contributed by atoms with van der Waals surface area (Å²) < 4.78 is 0. The van der Waals surface area contributed by atoms with Crippen molar-refractivity contribution in [1.29, 1.82) is 0 Å². The second kappa shape index (κ2) is 12.0. The summed E-state index contributed by atoms with van der Waals surface area (Å²) in [5.41, 5.74) is 7.65. The van der Waals surface area contributed by atoms with Gasteiger partial charge in [0.1, 0.15) is 10.8 Å². The summed E-state index contributed by atoms with van der Waals surface area (Å²) in [6.45, 7) is 14.5. The van der Waals surface area contributed by atoms with E-state index in [1.807, 2.05) is 6.07 Å². The van der Waals surface area contributed by atoms with Crippen LogP contribution in [0.2, 0.25) is 0 Å². The number of hydrogen-bond acceptors (Lipinski definition) is 5. The molecule has 0 aliphatic carbocycles. The molecular weight excluding hydrogens is 486 g/mol. The van der Waals surface area contributed by atoms with Crippen molar-refractivity contribution in [2.75, 3.05) is 30.9 Å². The minimum absolute atomic E-state index is 0.105. The first-order valence-corrected chi connectivity index (χ1v) is 14.0. The molecule has 5 heteroatoms. The highest BCUT2D eigenvalue weighted by Gasteiger charge is 2.21. The molecule has 38 heavy (non-hydrogen) atoms. The van der Waals surface area contributed by atoms with Gasteiger partial charge in [-0.1, -0.05) is 65.8 Å². The standard InChI is InChI=1S/C27H37N3S.C6H6O/c1-26(2,3)20-14-19(15-21(16-20)27(4,5)6)24-18-31-25(28-24)17-30(9)23-12-10-22(11-13-23)29(7)8;7-6-4-2-1-3-5-6/h10-16,18H,17H2,1-9H3;1-5,7H. The van der Waals surface area contributed by atoms with Crippen LogP contribution in [0.3, 0.4) is 0 Å². The third kappa shape index (κ3) is 8.09. The van der Waals surface area contributed by atoms with Gasteiger partial charge in [0.2, 0.25) is 0 Å². The maximum Gasteiger partial charge on any atom is 0.115 e. The van der Waals surface area contributed by atoms with Crippen molar-refractivity contribution in [2.24, 2.45) is 0 Å². The summed E-state index contributed by atoms with van der Waals surface area (Å²) in [6, 6.07) is 24.4. The largest absolute Gasteiger partial charge is 0.508 e. The number of aromatic hydroxyl groups is 1. The van der Waals surface area contributed by atoms with E-state index in [1.54, 1.807) is 35.6 Å². The molecule has 0 aliphatic heterocycles. The molecule has 0 bridgehead atoms. The van der Waals surface area contributed by atoms with Crippen LogP contribution in [0, 0.1) is 0 Å². The maximum absolute atomic E-state index is 8.63. The molecule has 0 radical (unpaired) electrons. The average molecular weight is 530 g/mol. The van der Waals surface area contributed by atoms with Gasteiger partial charge in [-0.3, -0.25) is 0 Å². The third-order valence-corrected chi connectivity index (χ3v) is 7.28. The molecular formula is C33H43N3OS. The number of aromatic nitrogens is 1. The summed E-state index contributed by atoms with van der Waals surface area (Å²) >= 11 is 1.74. The molecule has 4 rings (SSSR count). The van der Waals surface area contributed by atoms with Crippen molar-refractivity contribution in [1.82, 2.24) is 4.98 Å². The topological polar surface area (TPSA) is 39.6 Å². The van der Waals surface area contributed by atoms with Gasteiger partial charge in [0, 0.05) is 43.5 Å². The van der Waals surface area contributed by atoms with Crippen molar-refractivity contribution in [2.45, 2.75) is 58.9 Å². The molecule has 3 aromatic carbocycles. The second-order valence-corrected chi connectivity index (χ2v) is 13.0. The van der Waals surface area contributed by atoms with Crippen LogP contribution in [-0.2, 0) is 17.4 Å². The van der Waals surface area contributed by atoms with Gasteiger partial charge in [-0.15, -0.1) is 11.3 Å². The van der Waals surface area contributed by atoms with E-state index in [0.29, 0.717) is 5.75 Å². The summed E-state index contributed by atoms with van der Waals surface area (Å²) in [7, 11) is 6.26. The molecule has 0 spiro atoms. The van der Waals surface area contributed by atoms with Gasteiger partial charge in [-0.2, -0.15) is 0 Å². The fraction of sp³-hybridized carbons (Fsp3) is 0.364. The number of phenolic OH excluding ortho intramolecular Hbond substituents is 1. The summed E-state index contributed by atoms with van der Waals surface area (Å²) in [4.78, 5) is 9.38. The zero-order chi connectivity index (χ0) is 28.1. The molecule has 0 unspecified atom stereocenters. The fourth-order valence-electron chi connectivity index (χ4n) is 3.89. The van der Waals surface area contributed by atoms with Crippen LogP contribution in [0.1, 0.15) is 57.7 Å². The maximum atomic E-state index is 8.63. The number of benzene rings is 3. The minimum atomic E-state index is 0.105. The quantitative estimate of drug-likeness (QED) is 0.281. The number of rotatable bonds is 5. The van der Waals surface area contributed by atoms with Crippen molar-refractivity contribution >= 4 is 22.7 Å². The second-order valence-electron chi connectivity index (χ2n) is 12.0. The van der Waals surface area contributed by atoms with E-state index in [0.717, 1.165) is 17.2 Å². The molecule has 1 heterocycles. The van der Waals surface area contributed by atoms with Gasteiger partial charge in [0.15, 0.2) is 0 Å². The number of para-hydroxylation sites is 1. The highest BCUT2D eigenvalue weighted by Crippen LogP contribution is 2.34. The van der Waals surface area contributed by atoms with Crippen LogP contribution in [0.15, 0.2) is 78.2 Å². The molecule has 0 saturated heterocycles. The van der Waals surface area contributed by atoms with E-state index in [9.17, 15) is 0 Å². The predicted molar refractivity (Wildman–Crippen MR) is 166 cm³/mol. The number of hydrogen-bond donors (Lipinski definition) is 1. The molecule has 202 valence electrons. The summed E-state index contributed by atoms with van der Waals surface area (Å²) in [6.07, 6.45) is 0. The van der Waals surface area contributed by atoms with Gasteiger partial charge >= 0.3 is 0 Å². The molecule has 4 aromatic rings. The molecule has 1 N–H and O–H groups in total. The summed E-state index contributed by atoms with van der Waals surface area (Å²) in [5, 5.41) is 12.0. The molecule has 0 aliphatic rings. The smallest absolute Gasteiger partial charge is 0.115 e. The monoisotopic (exact) mass is 529 g/mol. The first-order valence-electron chi connectivity index (χ1n) is 13.1. The normalized spacial score (nSPS) is 11.5. The van der Waals surface area contributed by atoms with Gasteiger partial charge in [-0.05, 0) is 70.5 Å². The Hall–Kier alpha value is -3.31. The van der Waals surface area contributed by atoms with Crippen molar-refractivity contribution in [3.63, 3.8) is 0 Å². The lowest BCUT2D eigenvalue weighted by Crippen LogP contribution is -2.17. The van der Waals surface area contributed by atoms with E-state index in [1.165, 1.54) is 28.1 Å². The Labute approximate surface area is 233 Å². The SMILES string of the molecule is CN(C)c1ccc(N(C)Cc2nc(-c3cc(C(C)(C)C)cc(C(C)(C)C)c3)cs2)cc1.Oc1ccccc1. The molecule has 1 aromatic heterocycles. The Bertz CT molecular complexity index is 1260. The van der Waals surface area contributed by atoms with E-state index in [2.05, 4.69) is 120 Å². The molecule has 0 amide bonds. The molecule has 0 fully saturated rings. The van der Waals surface area contributed by atoms with E-state index in [-0.39, 0.29) is 10.8 Å². The molecule has 0 saturated carbocycles. The number of phenols is 1. The average Bonchev–Trinajstić information content (AvgIpc) is 3.32. The Morgan fingerprint density at radius 3 is 1.71 bits per heavy atom. The Kier molecular flexibility index (Phi) is 9.26. The Morgan fingerprint density at radius 2 is 1.26 bits per heavy atom. The van der Waals surface area contributed by atoms with Crippen molar-refractivity contribution in [3.8, 4) is 17.0 Å². The Morgan fingerprint density at radius 1 is 0.737 bits per heavy atom. The Balaban J connectivity index is 0.000000494. The lowest BCUT2D eigenvalue weighted by atomic mass is 9.79. The van der Waals surface area contributed by atoms with Gasteiger partial charge < -0.3 is 14.9 Å². The number of thiazole rings is 1. The first-order chi connectivity index (χ1) is 17.7. The van der Waals surface area contributed by atoms with Crippen LogP contribution < -0.4 is 9.80 Å². The van der Waals surface area contributed by atoms with Crippen molar-refractivity contribution in [3.05, 3.63) is 94.3 Å². The fourth-order valence-corrected chi connectivity index (χ4v) is 4.74. The highest BCUT2D eigenvalue weighted by atomic mass is 32.1. The van der Waals surface area contributed by atoms with Crippen LogP contribution in [0.25, 0.3) is 11.3 Å². The van der Waals surface area contributed by atoms with Crippen LogP contribution in [0.5, 0.6) is 5.75 Å². The van der Waals surface area contributed by atoms with Crippen LogP contribution in [-0.4, -0.2) is 31.2 Å². The third-order valence-electron chi connectivity index (χ3n) is 6.45. The summed E-state index contributed by atoms with van der Waals surface area (Å²) in [5.74, 6) is 0.322. The predicted octanol–water partition coefficient (Wildman–Crippen LogP) is 8.50. The number of anilines is 2. The lowest BCUT2D eigenvalue weighted by molar-refractivity contribution is 0.475. The van der Waals surface area contributed by atoms with Gasteiger partial charge in [-0.25, -0.2) is 4.98 Å².